The van der Waals surface area contributed by atoms with Gasteiger partial charge in [-0.05, 0) is 31.6 Å². The molecule has 1 aromatic heterocycles. The van der Waals surface area contributed by atoms with Crippen LogP contribution in [0.25, 0.3) is 11.0 Å². The number of hydrogen-bond donors (Lipinski definition) is 1. The fraction of sp³-hybridized carbons (Fsp3) is 0.500. The maximum Gasteiger partial charge on any atom is 0.311 e. The summed E-state index contributed by atoms with van der Waals surface area (Å²) in [5.41, 5.74) is 1.53. The second-order valence-electron chi connectivity index (χ2n) is 10.2. The molecule has 0 saturated carbocycles. The molecular weight excluding hydrogens is 494 g/mol. The molecule has 2 fully saturated rings. The van der Waals surface area contributed by atoms with Crippen LogP contribution in [0.5, 0.6) is 0 Å². The number of amides is 2. The Labute approximate surface area is 218 Å². The summed E-state index contributed by atoms with van der Waals surface area (Å²) < 4.78 is 5.45. The zero-order chi connectivity index (χ0) is 25.9. The number of aromatic nitrogens is 3. The largest absolute Gasteiger partial charge is 0.461 e. The van der Waals surface area contributed by atoms with E-state index in [2.05, 4.69) is 10.3 Å². The van der Waals surface area contributed by atoms with Crippen LogP contribution in [0.4, 0.5) is 0 Å². The van der Waals surface area contributed by atoms with Crippen molar-refractivity contribution in [2.24, 2.45) is 11.8 Å². The summed E-state index contributed by atoms with van der Waals surface area (Å²) in [6.45, 7) is 4.19. The third-order valence-corrected chi connectivity index (χ3v) is 9.93. The second-order valence-corrected chi connectivity index (χ2v) is 12.0. The van der Waals surface area contributed by atoms with Crippen molar-refractivity contribution in [2.75, 3.05) is 19.8 Å². The van der Waals surface area contributed by atoms with Gasteiger partial charge < -0.3 is 19.6 Å². The number of cyclic esters (lactones) is 1. The van der Waals surface area contributed by atoms with Gasteiger partial charge in [0.2, 0.25) is 11.8 Å². The average molecular weight is 524 g/mol. The number of carbonyl (C=O) groups excluding carboxylic acids is 3. The van der Waals surface area contributed by atoms with Crippen LogP contribution in [0, 0.1) is 11.8 Å². The van der Waals surface area contributed by atoms with E-state index in [0.29, 0.717) is 13.0 Å². The van der Waals surface area contributed by atoms with E-state index in [1.54, 1.807) is 14.5 Å². The van der Waals surface area contributed by atoms with Gasteiger partial charge in [-0.1, -0.05) is 42.5 Å². The smallest absolute Gasteiger partial charge is 0.311 e. The Kier molecular flexibility index (Phi) is 5.68. The van der Waals surface area contributed by atoms with E-state index in [4.69, 9.17) is 4.74 Å². The van der Waals surface area contributed by atoms with Gasteiger partial charge in [-0.15, -0.1) is 16.9 Å². The molecule has 1 spiro atoms. The molecule has 5 heterocycles. The SMILES string of the molecule is CC[C@@H](CO)N1C(=O)[C@@H]2[C@H]3C(=O)OCC=C[C@@]3(C)S[C@@]23C=CCN(Cn2nnc4ccccc42)C(=O)C13. The molecule has 194 valence electrons. The first-order valence-corrected chi connectivity index (χ1v) is 13.4. The topological polar surface area (TPSA) is 118 Å². The van der Waals surface area contributed by atoms with E-state index in [0.717, 1.165) is 11.0 Å². The highest BCUT2D eigenvalue weighted by Crippen LogP contribution is 2.65. The van der Waals surface area contributed by atoms with Crippen LogP contribution in [0.3, 0.4) is 0 Å². The molecule has 4 aliphatic heterocycles. The highest BCUT2D eigenvalue weighted by atomic mass is 32.2. The number of fused-ring (bicyclic) bond motifs is 3. The van der Waals surface area contributed by atoms with Crippen LogP contribution < -0.4 is 0 Å². The normalized spacial score (nSPS) is 33.7. The predicted molar refractivity (Wildman–Crippen MR) is 136 cm³/mol. The third-order valence-electron chi connectivity index (χ3n) is 8.13. The van der Waals surface area contributed by atoms with Gasteiger partial charge in [0.1, 0.15) is 24.8 Å². The van der Waals surface area contributed by atoms with Gasteiger partial charge in [-0.25, -0.2) is 4.68 Å². The molecule has 0 bridgehead atoms. The first kappa shape index (κ1) is 24.2. The number of nitrogens with zero attached hydrogens (tertiary/aromatic N) is 5. The Bertz CT molecular complexity index is 1340. The van der Waals surface area contributed by atoms with Crippen molar-refractivity contribution < 1.29 is 24.2 Å². The van der Waals surface area contributed by atoms with Gasteiger partial charge in [0.25, 0.3) is 0 Å². The summed E-state index contributed by atoms with van der Waals surface area (Å²) in [4.78, 5) is 45.0. The molecular formula is C26H29N5O5S. The Morgan fingerprint density at radius 1 is 1.16 bits per heavy atom. The fourth-order valence-electron chi connectivity index (χ4n) is 6.46. The minimum atomic E-state index is -0.976. The number of esters is 1. The maximum atomic E-state index is 14.4. The second kappa shape index (κ2) is 8.70. The lowest BCUT2D eigenvalue weighted by Gasteiger charge is -2.39. The summed E-state index contributed by atoms with van der Waals surface area (Å²) in [6, 6.07) is 6.10. The van der Waals surface area contributed by atoms with Crippen molar-refractivity contribution in [2.45, 2.75) is 48.5 Å². The number of para-hydroxylation sites is 1. The molecule has 10 nitrogen and oxygen atoms in total. The lowest BCUT2D eigenvalue weighted by atomic mass is 9.75. The summed E-state index contributed by atoms with van der Waals surface area (Å²) in [7, 11) is 0. The van der Waals surface area contributed by atoms with Crippen molar-refractivity contribution >= 4 is 40.6 Å². The Hall–Kier alpha value is -3.18. The van der Waals surface area contributed by atoms with Crippen LogP contribution in [-0.4, -0.2) is 89.0 Å². The van der Waals surface area contributed by atoms with Crippen molar-refractivity contribution in [1.82, 2.24) is 24.8 Å². The number of aliphatic hydroxyl groups is 1. The van der Waals surface area contributed by atoms with Crippen LogP contribution in [0.1, 0.15) is 20.3 Å². The summed E-state index contributed by atoms with van der Waals surface area (Å²) >= 11 is 1.49. The number of benzene rings is 1. The predicted octanol–water partition coefficient (Wildman–Crippen LogP) is 1.36. The molecule has 11 heteroatoms. The first-order chi connectivity index (χ1) is 17.8. The van der Waals surface area contributed by atoms with E-state index < -0.39 is 39.4 Å². The fourth-order valence-corrected chi connectivity index (χ4v) is 8.60. The molecule has 0 aliphatic carbocycles. The number of ether oxygens (including phenoxy) is 1. The maximum absolute atomic E-state index is 14.4. The monoisotopic (exact) mass is 523 g/mol. The zero-order valence-electron chi connectivity index (χ0n) is 20.7. The number of thioether (sulfide) groups is 1. The van der Waals surface area contributed by atoms with Crippen molar-refractivity contribution in [3.8, 4) is 0 Å². The molecule has 1 aromatic carbocycles. The van der Waals surface area contributed by atoms with Gasteiger partial charge in [0.15, 0.2) is 0 Å². The minimum Gasteiger partial charge on any atom is -0.461 e. The Morgan fingerprint density at radius 3 is 2.76 bits per heavy atom. The molecule has 2 amide bonds. The molecule has 6 rings (SSSR count). The van der Waals surface area contributed by atoms with Crippen LogP contribution in [0.15, 0.2) is 48.6 Å². The number of carbonyl (C=O) groups is 3. The zero-order valence-corrected chi connectivity index (χ0v) is 21.5. The van der Waals surface area contributed by atoms with Crippen LogP contribution in [-0.2, 0) is 25.8 Å². The summed E-state index contributed by atoms with van der Waals surface area (Å²) in [5.74, 6) is -2.47. The van der Waals surface area contributed by atoms with Crippen LogP contribution in [0.2, 0.25) is 0 Å². The molecule has 0 radical (unpaired) electrons. The Balaban J connectivity index is 1.45. The van der Waals surface area contributed by atoms with E-state index >= 15 is 0 Å². The van der Waals surface area contributed by atoms with Gasteiger partial charge in [-0.2, -0.15) is 0 Å². The minimum absolute atomic E-state index is 0.159. The molecule has 37 heavy (non-hydrogen) atoms. The Morgan fingerprint density at radius 2 is 1.97 bits per heavy atom. The van der Waals surface area contributed by atoms with Gasteiger partial charge in [-0.3, -0.25) is 14.4 Å². The standard InChI is InChI=1S/C26H29N5O5S/c1-3-16(14-32)31-21-23(34)29(15-30-18-9-5-4-8-17(18)27-28-30)12-6-11-26(21)19(22(31)33)20-24(35)36-13-7-10-25(20,2)37-26/h4-11,16,19-21,32H,3,12-15H2,1-2H3/t16-,19-,20-,21?,25+,26-/m0/s1. The molecule has 1 N–H and O–H groups in total. The lowest BCUT2D eigenvalue weighted by Crippen LogP contribution is -2.56. The van der Waals surface area contributed by atoms with Crippen molar-refractivity contribution in [3.63, 3.8) is 0 Å². The van der Waals surface area contributed by atoms with E-state index in [9.17, 15) is 19.5 Å². The van der Waals surface area contributed by atoms with Crippen molar-refractivity contribution in [3.05, 3.63) is 48.6 Å². The van der Waals surface area contributed by atoms with E-state index in [1.165, 1.54) is 11.8 Å². The van der Waals surface area contributed by atoms with Gasteiger partial charge >= 0.3 is 5.97 Å². The summed E-state index contributed by atoms with van der Waals surface area (Å²) in [5, 5.41) is 18.7. The number of aliphatic hydroxyl groups excluding tert-OH is 1. The first-order valence-electron chi connectivity index (χ1n) is 12.6. The molecule has 1 unspecified atom stereocenters. The highest BCUT2D eigenvalue weighted by molar-refractivity contribution is 8.02. The van der Waals surface area contributed by atoms with Crippen LogP contribution >= 0.6 is 11.8 Å². The van der Waals surface area contributed by atoms with E-state index in [1.807, 2.05) is 62.4 Å². The van der Waals surface area contributed by atoms with Gasteiger partial charge in [0, 0.05) is 11.3 Å². The summed E-state index contributed by atoms with van der Waals surface area (Å²) in [6.07, 6.45) is 8.10. The molecule has 6 atom stereocenters. The molecule has 4 aliphatic rings. The highest BCUT2D eigenvalue weighted by Gasteiger charge is 2.74. The van der Waals surface area contributed by atoms with Gasteiger partial charge in [0.05, 0.1) is 34.7 Å². The number of rotatable bonds is 5. The van der Waals surface area contributed by atoms with Crippen molar-refractivity contribution in [1.29, 1.82) is 0 Å². The molecule has 2 saturated heterocycles. The van der Waals surface area contributed by atoms with E-state index in [-0.39, 0.29) is 31.7 Å². The number of hydrogen-bond acceptors (Lipinski definition) is 8. The molecule has 2 aromatic rings. The lowest BCUT2D eigenvalue weighted by molar-refractivity contribution is -0.153. The third kappa shape index (κ3) is 3.40. The quantitative estimate of drug-likeness (QED) is 0.461. The number of likely N-dealkylation sites (tertiary alicyclic amines) is 1. The average Bonchev–Trinajstić information content (AvgIpc) is 3.41.